The molecule has 0 aliphatic rings. The van der Waals surface area contributed by atoms with Gasteiger partial charge in [0.1, 0.15) is 23.9 Å². The number of amides is 1. The highest BCUT2D eigenvalue weighted by molar-refractivity contribution is 6.02. The van der Waals surface area contributed by atoms with Gasteiger partial charge in [-0.15, -0.1) is 0 Å². The third-order valence-electron chi connectivity index (χ3n) is 5.52. The van der Waals surface area contributed by atoms with Gasteiger partial charge in [-0.1, -0.05) is 12.1 Å². The Hall–Kier alpha value is -4.99. The van der Waals surface area contributed by atoms with E-state index in [1.807, 2.05) is 12.1 Å². The van der Waals surface area contributed by atoms with Crippen LogP contribution in [0.1, 0.15) is 28.9 Å². The van der Waals surface area contributed by atoms with Crippen LogP contribution in [0.4, 0.5) is 10.1 Å². The third-order valence-corrected chi connectivity index (χ3v) is 5.52. The average Bonchev–Trinajstić information content (AvgIpc) is 2.90. The lowest BCUT2D eigenvalue weighted by Gasteiger charge is -2.25. The number of aliphatic carboxylic acids is 2. The molecule has 3 aromatic rings. The molecule has 1 aromatic heterocycles. The Morgan fingerprint density at radius 3 is 2.50 bits per heavy atom. The summed E-state index contributed by atoms with van der Waals surface area (Å²) in [6.07, 6.45) is 0.591. The van der Waals surface area contributed by atoms with Crippen LogP contribution in [0.15, 0.2) is 36.5 Å². The van der Waals surface area contributed by atoms with Crippen molar-refractivity contribution in [2.75, 3.05) is 25.7 Å². The number of hydrogen-bond donors (Lipinski definition) is 3. The van der Waals surface area contributed by atoms with Crippen LogP contribution in [0, 0.1) is 17.1 Å². The molecule has 0 fully saturated rings. The molecule has 0 spiro atoms. The van der Waals surface area contributed by atoms with Gasteiger partial charge in [0.25, 0.3) is 5.91 Å². The first-order chi connectivity index (χ1) is 18.2. The zero-order valence-electron chi connectivity index (χ0n) is 20.5. The fourth-order valence-electron chi connectivity index (χ4n) is 3.73. The number of benzene rings is 2. The van der Waals surface area contributed by atoms with Crippen LogP contribution >= 0.6 is 0 Å². The van der Waals surface area contributed by atoms with E-state index in [9.17, 15) is 24.8 Å². The van der Waals surface area contributed by atoms with Crippen LogP contribution in [-0.2, 0) is 16.1 Å². The van der Waals surface area contributed by atoms with E-state index in [-0.39, 0.29) is 24.5 Å². The molecule has 3 rings (SSSR count). The molecule has 1 heterocycles. The Bertz CT molecular complexity index is 1410. The number of aromatic nitrogens is 2. The van der Waals surface area contributed by atoms with E-state index in [0.29, 0.717) is 16.7 Å². The summed E-state index contributed by atoms with van der Waals surface area (Å²) >= 11 is 0. The maximum absolute atomic E-state index is 15.7. The average molecular weight is 525 g/mol. The van der Waals surface area contributed by atoms with Gasteiger partial charge in [-0.05, 0) is 18.6 Å². The number of carbonyl (C=O) groups is 3. The molecule has 12 nitrogen and oxygen atoms in total. The van der Waals surface area contributed by atoms with Crippen LogP contribution in [-0.4, -0.2) is 64.8 Å². The summed E-state index contributed by atoms with van der Waals surface area (Å²) in [6.45, 7) is -0.282. The summed E-state index contributed by atoms with van der Waals surface area (Å²) < 4.78 is 26.2. The molecule has 2 aromatic carbocycles. The number of carboxylic acids is 2. The summed E-state index contributed by atoms with van der Waals surface area (Å²) in [6, 6.07) is 8.75. The molecule has 1 unspecified atom stereocenters. The molecular formula is C25H24FN5O7. The smallest absolute Gasteiger partial charge is 0.326 e. The molecule has 0 saturated heterocycles. The van der Waals surface area contributed by atoms with Crippen LogP contribution < -0.4 is 19.7 Å². The van der Waals surface area contributed by atoms with Gasteiger partial charge in [0, 0.05) is 12.5 Å². The predicted octanol–water partition coefficient (Wildman–Crippen LogP) is 2.36. The van der Waals surface area contributed by atoms with Gasteiger partial charge >= 0.3 is 11.9 Å². The maximum Gasteiger partial charge on any atom is 0.326 e. The Morgan fingerprint density at radius 2 is 1.89 bits per heavy atom. The number of para-hydroxylation sites is 2. The molecule has 38 heavy (non-hydrogen) atoms. The summed E-state index contributed by atoms with van der Waals surface area (Å²) in [5.74, 6) is -5.47. The summed E-state index contributed by atoms with van der Waals surface area (Å²) in [7, 11) is 2.33. The normalized spacial score (nSPS) is 11.3. The number of halogens is 1. The van der Waals surface area contributed by atoms with Crippen molar-refractivity contribution in [3.8, 4) is 17.6 Å². The lowest BCUT2D eigenvalue weighted by atomic mass is 10.1. The van der Waals surface area contributed by atoms with Crippen molar-refractivity contribution >= 4 is 34.6 Å². The molecule has 1 atom stereocenters. The van der Waals surface area contributed by atoms with Gasteiger partial charge < -0.3 is 29.9 Å². The summed E-state index contributed by atoms with van der Waals surface area (Å²) in [5.41, 5.74) is 1.16. The van der Waals surface area contributed by atoms with E-state index >= 15 is 4.39 Å². The minimum Gasteiger partial charge on any atom is -0.496 e. The first kappa shape index (κ1) is 27.6. The number of rotatable bonds is 12. The SMILES string of the molecule is COc1cc(N(CC#N)Cc2cnc3ccccc3n2)c(F)c(OC)c1C(=O)NC(CCC(=O)O)C(=O)O. The molecule has 13 heteroatoms. The summed E-state index contributed by atoms with van der Waals surface area (Å²) in [5, 5.41) is 29.8. The van der Waals surface area contributed by atoms with Gasteiger partial charge in [-0.3, -0.25) is 14.6 Å². The van der Waals surface area contributed by atoms with Crippen molar-refractivity contribution in [3.63, 3.8) is 0 Å². The second-order valence-electron chi connectivity index (χ2n) is 7.98. The number of nitrogens with one attached hydrogen (secondary N) is 1. The van der Waals surface area contributed by atoms with E-state index < -0.39 is 53.9 Å². The van der Waals surface area contributed by atoms with E-state index in [4.69, 9.17) is 14.6 Å². The topological polar surface area (TPSA) is 175 Å². The first-order valence-corrected chi connectivity index (χ1v) is 11.2. The first-order valence-electron chi connectivity index (χ1n) is 11.2. The molecule has 1 amide bonds. The number of anilines is 1. The Balaban J connectivity index is 2.00. The highest BCUT2D eigenvalue weighted by Gasteiger charge is 2.30. The number of carboxylic acid groups (broad SMARTS) is 2. The third kappa shape index (κ3) is 6.22. The van der Waals surface area contributed by atoms with Crippen molar-refractivity contribution in [3.05, 3.63) is 53.6 Å². The van der Waals surface area contributed by atoms with Crippen molar-refractivity contribution < 1.29 is 38.5 Å². The maximum atomic E-state index is 15.7. The summed E-state index contributed by atoms with van der Waals surface area (Å²) in [4.78, 5) is 45.6. The number of carbonyl (C=O) groups excluding carboxylic acids is 1. The number of fused-ring (bicyclic) bond motifs is 1. The van der Waals surface area contributed by atoms with Crippen molar-refractivity contribution in [1.29, 1.82) is 5.26 Å². The number of hydrogen-bond acceptors (Lipinski definition) is 9. The minimum absolute atomic E-state index is 0.0174. The van der Waals surface area contributed by atoms with Gasteiger partial charge in [-0.2, -0.15) is 5.26 Å². The molecular weight excluding hydrogens is 501 g/mol. The Morgan fingerprint density at radius 1 is 1.18 bits per heavy atom. The molecule has 198 valence electrons. The van der Waals surface area contributed by atoms with Crippen molar-refractivity contribution in [2.24, 2.45) is 0 Å². The lowest BCUT2D eigenvalue weighted by molar-refractivity contribution is -0.140. The van der Waals surface area contributed by atoms with Crippen LogP contribution in [0.3, 0.4) is 0 Å². The second-order valence-corrected chi connectivity index (χ2v) is 7.98. The van der Waals surface area contributed by atoms with Crippen LogP contribution in [0.25, 0.3) is 11.0 Å². The largest absolute Gasteiger partial charge is 0.496 e. The monoisotopic (exact) mass is 525 g/mol. The van der Waals surface area contributed by atoms with Crippen LogP contribution in [0.2, 0.25) is 0 Å². The van der Waals surface area contributed by atoms with E-state index in [2.05, 4.69) is 15.3 Å². The number of nitrogens with zero attached hydrogens (tertiary/aromatic N) is 4. The highest BCUT2D eigenvalue weighted by Crippen LogP contribution is 2.39. The molecule has 0 bridgehead atoms. The zero-order valence-corrected chi connectivity index (χ0v) is 20.5. The van der Waals surface area contributed by atoms with Gasteiger partial charge in [0.05, 0.1) is 55.4 Å². The molecule has 0 aliphatic heterocycles. The Kier molecular flexibility index (Phi) is 8.94. The Labute approximate surface area is 216 Å². The minimum atomic E-state index is -1.56. The zero-order chi connectivity index (χ0) is 27.8. The standard InChI is InChI=1S/C25H24FN5O7/c1-37-19-11-18(31(10-9-27)13-14-12-28-15-5-3-4-6-16(15)29-14)22(26)23(38-2)21(19)24(34)30-17(25(35)36)7-8-20(32)33/h3-6,11-12,17H,7-8,10,13H2,1-2H3,(H,30,34)(H,32,33)(H,35,36). The fraction of sp³-hybridized carbons (Fsp3) is 0.280. The van der Waals surface area contributed by atoms with Crippen molar-refractivity contribution in [2.45, 2.75) is 25.4 Å². The number of ether oxygens (including phenoxy) is 2. The lowest BCUT2D eigenvalue weighted by Crippen LogP contribution is -2.41. The number of methoxy groups -OCH3 is 2. The quantitative estimate of drug-likeness (QED) is 0.296. The molecule has 0 aliphatic carbocycles. The van der Waals surface area contributed by atoms with E-state index in [1.165, 1.54) is 24.3 Å². The van der Waals surface area contributed by atoms with E-state index in [0.717, 1.165) is 7.11 Å². The van der Waals surface area contributed by atoms with Gasteiger partial charge in [0.2, 0.25) is 0 Å². The predicted molar refractivity (Wildman–Crippen MR) is 131 cm³/mol. The number of nitriles is 1. The molecule has 3 N–H and O–H groups in total. The highest BCUT2D eigenvalue weighted by atomic mass is 19.1. The molecule has 0 saturated carbocycles. The van der Waals surface area contributed by atoms with Gasteiger partial charge in [-0.25, -0.2) is 14.2 Å². The molecule has 0 radical (unpaired) electrons. The van der Waals surface area contributed by atoms with Crippen molar-refractivity contribution in [1.82, 2.24) is 15.3 Å². The fourth-order valence-corrected chi connectivity index (χ4v) is 3.73. The van der Waals surface area contributed by atoms with E-state index in [1.54, 1.807) is 18.2 Å². The van der Waals surface area contributed by atoms with Gasteiger partial charge in [0.15, 0.2) is 11.6 Å². The second kappa shape index (κ2) is 12.3. The van der Waals surface area contributed by atoms with Crippen LogP contribution in [0.5, 0.6) is 11.5 Å².